The van der Waals surface area contributed by atoms with Crippen molar-refractivity contribution in [2.75, 3.05) is 7.11 Å². The summed E-state index contributed by atoms with van der Waals surface area (Å²) in [6, 6.07) is 23.4. The standard InChI is InChI=1S/C39H37N2O2/c1-6-10-25(2)37(26(3)42)32-23-34-33(22-31(32)29-15-16-29)38-35(24-40-34)41-36(21-28-13-17-30(43-5)18-14-28)39(38,4)20-19-27-11-8-7-9-12-27/h7-9,11-18,22-25,42H,19-21H2,1-5H3/b37-26+. The summed E-state index contributed by atoms with van der Waals surface area (Å²) in [5.41, 5.74) is 10.6. The molecule has 1 N–H and O–H groups in total. The van der Waals surface area contributed by atoms with Crippen LogP contribution in [0.5, 0.6) is 5.75 Å². The predicted octanol–water partition coefficient (Wildman–Crippen LogP) is 9.01. The lowest BCUT2D eigenvalue weighted by Crippen LogP contribution is -2.32. The third kappa shape index (κ3) is 5.48. The van der Waals surface area contributed by atoms with Crippen LogP contribution in [-0.2, 0) is 18.3 Å². The second-order valence-corrected chi connectivity index (χ2v) is 11.7. The van der Waals surface area contributed by atoms with E-state index in [1.54, 1.807) is 14.0 Å². The fourth-order valence-electron chi connectivity index (χ4n) is 6.50. The van der Waals surface area contributed by atoms with Gasteiger partial charge in [-0.25, -0.2) is 0 Å². The Morgan fingerprint density at radius 2 is 1.79 bits per heavy atom. The van der Waals surface area contributed by atoms with E-state index in [4.69, 9.17) is 14.7 Å². The van der Waals surface area contributed by atoms with E-state index in [0.717, 1.165) is 64.0 Å². The zero-order valence-electron chi connectivity index (χ0n) is 25.5. The molecule has 0 fully saturated rings. The summed E-state index contributed by atoms with van der Waals surface area (Å²) in [7, 11) is 1.69. The van der Waals surface area contributed by atoms with Crippen LogP contribution in [0.3, 0.4) is 0 Å². The molecule has 1 aromatic heterocycles. The molecular weight excluding hydrogens is 528 g/mol. The number of fused-ring (bicyclic) bond motifs is 3. The van der Waals surface area contributed by atoms with E-state index in [9.17, 15) is 5.11 Å². The van der Waals surface area contributed by atoms with E-state index in [1.165, 1.54) is 22.3 Å². The van der Waals surface area contributed by atoms with E-state index < -0.39 is 0 Å². The quantitative estimate of drug-likeness (QED) is 0.163. The Hall–Kier alpha value is -4.62. The highest BCUT2D eigenvalue weighted by Gasteiger charge is 2.41. The zero-order chi connectivity index (χ0) is 30.1. The van der Waals surface area contributed by atoms with Crippen LogP contribution in [0.2, 0.25) is 0 Å². The van der Waals surface area contributed by atoms with Crippen molar-refractivity contribution >= 4 is 33.4 Å². The molecule has 2 aliphatic rings. The van der Waals surface area contributed by atoms with Crippen molar-refractivity contribution in [1.29, 1.82) is 0 Å². The molecule has 6 rings (SSSR count). The van der Waals surface area contributed by atoms with Crippen LogP contribution in [0, 0.1) is 24.2 Å². The van der Waals surface area contributed by atoms with E-state index in [-0.39, 0.29) is 17.1 Å². The molecule has 2 unspecified atom stereocenters. The minimum Gasteiger partial charge on any atom is -0.512 e. The smallest absolute Gasteiger partial charge is 0.118 e. The van der Waals surface area contributed by atoms with Gasteiger partial charge in [-0.2, -0.15) is 0 Å². The van der Waals surface area contributed by atoms with Gasteiger partial charge >= 0.3 is 0 Å². The van der Waals surface area contributed by atoms with Crippen LogP contribution < -0.4 is 4.74 Å². The molecule has 3 aromatic carbocycles. The molecule has 1 aliphatic carbocycles. The molecule has 2 atom stereocenters. The van der Waals surface area contributed by atoms with Gasteiger partial charge in [-0.15, -0.1) is 5.92 Å². The van der Waals surface area contributed by atoms with Gasteiger partial charge in [-0.3, -0.25) is 9.98 Å². The Bertz CT molecular complexity index is 1850. The van der Waals surface area contributed by atoms with Crippen LogP contribution in [0.4, 0.5) is 5.69 Å². The zero-order valence-corrected chi connectivity index (χ0v) is 25.5. The fraction of sp³-hybridized carbons (Fsp3) is 0.256. The van der Waals surface area contributed by atoms with Crippen molar-refractivity contribution in [3.63, 3.8) is 0 Å². The number of methoxy groups -OCH3 is 1. The molecule has 4 heteroatoms. The monoisotopic (exact) mass is 565 g/mol. The number of pyridine rings is 1. The first-order valence-electron chi connectivity index (χ1n) is 14.9. The van der Waals surface area contributed by atoms with E-state index in [1.807, 2.05) is 32.2 Å². The number of aryl methyl sites for hydroxylation is 1. The van der Waals surface area contributed by atoms with Crippen molar-refractivity contribution in [3.8, 4) is 17.6 Å². The summed E-state index contributed by atoms with van der Waals surface area (Å²) in [6.07, 6.45) is 8.79. The SMILES string of the molecule is CC#CC(C)/C(=C(/C)O)c1cc2ncc3c(c2cc1C1=C[CH]1)C(C)(CCc1ccccc1)C(Cc1ccc(OC)cc1)=N3. The highest BCUT2D eigenvalue weighted by atomic mass is 16.5. The van der Waals surface area contributed by atoms with Gasteiger partial charge in [0.15, 0.2) is 0 Å². The van der Waals surface area contributed by atoms with Crippen LogP contribution in [-0.4, -0.2) is 22.9 Å². The Kier molecular flexibility index (Phi) is 7.67. The fourth-order valence-corrected chi connectivity index (χ4v) is 6.50. The Labute approximate surface area is 254 Å². The molecule has 1 aliphatic heterocycles. The van der Waals surface area contributed by atoms with E-state index in [2.05, 4.69) is 85.9 Å². The molecule has 0 bridgehead atoms. The number of aliphatic hydroxyl groups excluding tert-OH is 1. The number of nitrogens with zero attached hydrogens (tertiary/aromatic N) is 2. The minimum absolute atomic E-state index is 0.115. The lowest BCUT2D eigenvalue weighted by Gasteiger charge is -2.30. The highest BCUT2D eigenvalue weighted by molar-refractivity contribution is 6.09. The highest BCUT2D eigenvalue weighted by Crippen LogP contribution is 2.49. The summed E-state index contributed by atoms with van der Waals surface area (Å²) in [5, 5.41) is 11.9. The van der Waals surface area contributed by atoms with Gasteiger partial charge in [0.1, 0.15) is 5.75 Å². The Balaban J connectivity index is 1.50. The van der Waals surface area contributed by atoms with Crippen molar-refractivity contribution in [2.24, 2.45) is 10.9 Å². The number of rotatable bonds is 9. The summed E-state index contributed by atoms with van der Waals surface area (Å²) >= 11 is 0. The number of aliphatic imine (C=N–C) groups is 1. The maximum Gasteiger partial charge on any atom is 0.118 e. The minimum atomic E-state index is -0.292. The Morgan fingerprint density at radius 1 is 1.05 bits per heavy atom. The maximum absolute atomic E-state index is 10.8. The summed E-state index contributed by atoms with van der Waals surface area (Å²) in [4.78, 5) is 10.2. The summed E-state index contributed by atoms with van der Waals surface area (Å²) in [6.45, 7) is 7.98. The third-order valence-corrected chi connectivity index (χ3v) is 8.84. The number of aliphatic hydroxyl groups is 1. The first-order chi connectivity index (χ1) is 20.8. The number of ether oxygens (including phenoxy) is 1. The van der Waals surface area contributed by atoms with Crippen molar-refractivity contribution in [2.45, 2.75) is 52.4 Å². The number of benzene rings is 3. The number of allylic oxidation sites excluding steroid dienone is 4. The largest absolute Gasteiger partial charge is 0.512 e. The molecule has 1 radical (unpaired) electrons. The van der Waals surface area contributed by atoms with Crippen LogP contribution in [0.1, 0.15) is 61.9 Å². The van der Waals surface area contributed by atoms with Gasteiger partial charge in [0.05, 0.1) is 30.3 Å². The van der Waals surface area contributed by atoms with Gasteiger partial charge in [0.25, 0.3) is 0 Å². The summed E-state index contributed by atoms with van der Waals surface area (Å²) in [5.74, 6) is 7.28. The van der Waals surface area contributed by atoms with Crippen LogP contribution in [0.25, 0.3) is 22.0 Å². The lowest BCUT2D eigenvalue weighted by atomic mass is 9.72. The van der Waals surface area contributed by atoms with Crippen LogP contribution >= 0.6 is 0 Å². The molecule has 4 nitrogen and oxygen atoms in total. The first-order valence-corrected chi connectivity index (χ1v) is 14.9. The molecule has 4 aromatic rings. The first kappa shape index (κ1) is 28.5. The van der Waals surface area contributed by atoms with E-state index in [0.29, 0.717) is 0 Å². The van der Waals surface area contributed by atoms with Crippen molar-refractivity contribution < 1.29 is 9.84 Å². The van der Waals surface area contributed by atoms with Gasteiger partial charge < -0.3 is 9.84 Å². The molecule has 0 saturated heterocycles. The molecule has 0 amide bonds. The molecule has 43 heavy (non-hydrogen) atoms. The number of hydrogen-bond donors (Lipinski definition) is 1. The molecular formula is C39H37N2O2. The van der Waals surface area contributed by atoms with Crippen LogP contribution in [0.15, 0.2) is 89.8 Å². The topological polar surface area (TPSA) is 54.7 Å². The van der Waals surface area contributed by atoms with E-state index >= 15 is 0 Å². The molecule has 0 saturated carbocycles. The number of aromatic nitrogens is 1. The molecule has 2 heterocycles. The maximum atomic E-state index is 10.8. The van der Waals surface area contributed by atoms with Crippen molar-refractivity contribution in [3.05, 3.63) is 119 Å². The van der Waals surface area contributed by atoms with Gasteiger partial charge in [-0.1, -0.05) is 61.4 Å². The Morgan fingerprint density at radius 3 is 2.44 bits per heavy atom. The molecule has 215 valence electrons. The second kappa shape index (κ2) is 11.6. The number of hydrogen-bond acceptors (Lipinski definition) is 4. The van der Waals surface area contributed by atoms with Crippen molar-refractivity contribution in [1.82, 2.24) is 4.98 Å². The normalized spacial score (nSPS) is 18.2. The summed E-state index contributed by atoms with van der Waals surface area (Å²) < 4.78 is 5.40. The second-order valence-electron chi connectivity index (χ2n) is 11.7. The molecule has 0 spiro atoms. The van der Waals surface area contributed by atoms with Gasteiger partial charge in [0, 0.05) is 46.4 Å². The predicted molar refractivity (Wildman–Crippen MR) is 178 cm³/mol. The third-order valence-electron chi connectivity index (χ3n) is 8.84. The van der Waals surface area contributed by atoms with Gasteiger partial charge in [-0.05, 0) is 85.7 Å². The average molecular weight is 566 g/mol. The average Bonchev–Trinajstić information content (AvgIpc) is 3.81. The van der Waals surface area contributed by atoms with Gasteiger partial charge in [0.2, 0.25) is 0 Å². The lowest BCUT2D eigenvalue weighted by molar-refractivity contribution is 0.414.